The van der Waals surface area contributed by atoms with Crippen LogP contribution in [0.15, 0.2) is 0 Å². The molecule has 0 bridgehead atoms. The van der Waals surface area contributed by atoms with Gasteiger partial charge >= 0.3 is 0 Å². The smallest absolute Gasteiger partial charge is 0.0481 e. The molecule has 0 spiro atoms. The molecule has 0 aromatic carbocycles. The Morgan fingerprint density at radius 3 is 1.67 bits per heavy atom. The fourth-order valence-corrected chi connectivity index (χ4v) is 2.34. The lowest BCUT2D eigenvalue weighted by Crippen LogP contribution is -2.24. The van der Waals surface area contributed by atoms with Gasteiger partial charge in [-0.3, -0.25) is 9.80 Å². The third kappa shape index (κ3) is 4.07. The van der Waals surface area contributed by atoms with Gasteiger partial charge in [-0.15, -0.1) is 0 Å². The van der Waals surface area contributed by atoms with E-state index in [-0.39, 0.29) is 0 Å². The first-order valence-electron chi connectivity index (χ1n) is 6.31. The zero-order valence-electron chi connectivity index (χ0n) is 9.67. The van der Waals surface area contributed by atoms with Crippen molar-refractivity contribution in [1.82, 2.24) is 20.4 Å². The molecule has 2 saturated heterocycles. The zero-order valence-corrected chi connectivity index (χ0v) is 9.67. The molecule has 0 unspecified atom stereocenters. The average Bonchev–Trinajstić information content (AvgIpc) is 2.88. The van der Waals surface area contributed by atoms with Crippen molar-refractivity contribution in [2.24, 2.45) is 0 Å². The van der Waals surface area contributed by atoms with Crippen molar-refractivity contribution in [2.45, 2.75) is 19.3 Å². The second kappa shape index (κ2) is 6.43. The van der Waals surface area contributed by atoms with Gasteiger partial charge in [0.2, 0.25) is 0 Å². The summed E-state index contributed by atoms with van der Waals surface area (Å²) in [4.78, 5) is 5.02. The zero-order chi connectivity index (χ0) is 10.3. The second-order valence-corrected chi connectivity index (χ2v) is 4.61. The number of unbranched alkanes of at least 4 members (excludes halogenated alkanes) is 2. The van der Waals surface area contributed by atoms with Crippen LogP contribution in [0.5, 0.6) is 0 Å². The van der Waals surface area contributed by atoms with Crippen LogP contribution < -0.4 is 10.6 Å². The van der Waals surface area contributed by atoms with Crippen LogP contribution >= 0.6 is 0 Å². The first-order chi connectivity index (χ1) is 7.45. The van der Waals surface area contributed by atoms with E-state index in [1.54, 1.807) is 0 Å². The molecule has 0 radical (unpaired) electrons. The molecule has 2 rings (SSSR count). The largest absolute Gasteiger partial charge is 0.303 e. The van der Waals surface area contributed by atoms with Crippen molar-refractivity contribution in [3.63, 3.8) is 0 Å². The summed E-state index contributed by atoms with van der Waals surface area (Å²) in [5.74, 6) is 0. The SMILES string of the molecule is C(CCN1CCNC1)CCN1CCNC1. The van der Waals surface area contributed by atoms with Gasteiger partial charge in [-0.1, -0.05) is 6.42 Å². The molecule has 2 aliphatic rings. The van der Waals surface area contributed by atoms with E-state index >= 15 is 0 Å². The van der Waals surface area contributed by atoms with Gasteiger partial charge in [0, 0.05) is 39.5 Å². The van der Waals surface area contributed by atoms with Crippen LogP contribution in [0.25, 0.3) is 0 Å². The highest BCUT2D eigenvalue weighted by molar-refractivity contribution is 4.67. The fourth-order valence-electron chi connectivity index (χ4n) is 2.34. The summed E-state index contributed by atoms with van der Waals surface area (Å²) in [6.07, 6.45) is 4.11. The van der Waals surface area contributed by atoms with E-state index in [1.807, 2.05) is 0 Å². The van der Waals surface area contributed by atoms with E-state index < -0.39 is 0 Å². The molecule has 2 aliphatic heterocycles. The highest BCUT2D eigenvalue weighted by Crippen LogP contribution is 2.03. The molecule has 0 atom stereocenters. The lowest BCUT2D eigenvalue weighted by molar-refractivity contribution is 0.302. The normalized spacial score (nSPS) is 24.0. The van der Waals surface area contributed by atoms with E-state index in [2.05, 4.69) is 20.4 Å². The average molecular weight is 212 g/mol. The number of hydrogen-bond donors (Lipinski definition) is 2. The molecular weight excluding hydrogens is 188 g/mol. The quantitative estimate of drug-likeness (QED) is 0.601. The Labute approximate surface area is 93.0 Å². The van der Waals surface area contributed by atoms with Crippen LogP contribution in [-0.4, -0.2) is 62.4 Å². The maximum atomic E-state index is 3.37. The summed E-state index contributed by atoms with van der Waals surface area (Å²) in [5.41, 5.74) is 0. The molecule has 4 nitrogen and oxygen atoms in total. The molecule has 2 fully saturated rings. The summed E-state index contributed by atoms with van der Waals surface area (Å²) in [6.45, 7) is 9.63. The molecule has 15 heavy (non-hydrogen) atoms. The van der Waals surface area contributed by atoms with Crippen LogP contribution in [0.4, 0.5) is 0 Å². The molecule has 0 amide bonds. The third-order valence-corrected chi connectivity index (χ3v) is 3.33. The summed E-state index contributed by atoms with van der Waals surface area (Å²) < 4.78 is 0. The van der Waals surface area contributed by atoms with E-state index in [0.717, 1.165) is 13.3 Å². The first-order valence-corrected chi connectivity index (χ1v) is 6.31. The standard InChI is InChI=1S/C11H24N4/c1(2-6-14-8-4-12-10-14)3-7-15-9-5-13-11-15/h12-13H,1-11H2. The monoisotopic (exact) mass is 212 g/mol. The van der Waals surface area contributed by atoms with Crippen molar-refractivity contribution in [3.05, 3.63) is 0 Å². The van der Waals surface area contributed by atoms with Crippen LogP contribution in [0.1, 0.15) is 19.3 Å². The maximum Gasteiger partial charge on any atom is 0.0481 e. The molecule has 4 heteroatoms. The van der Waals surface area contributed by atoms with Crippen molar-refractivity contribution >= 4 is 0 Å². The molecule has 0 aromatic heterocycles. The Hall–Kier alpha value is -0.160. The second-order valence-electron chi connectivity index (χ2n) is 4.61. The molecule has 0 aliphatic carbocycles. The molecular formula is C11H24N4. The Kier molecular flexibility index (Phi) is 4.86. The minimum absolute atomic E-state index is 1.11. The Balaban J connectivity index is 1.41. The maximum absolute atomic E-state index is 3.37. The lowest BCUT2D eigenvalue weighted by Gasteiger charge is -2.15. The lowest BCUT2D eigenvalue weighted by atomic mass is 10.2. The van der Waals surface area contributed by atoms with Crippen molar-refractivity contribution in [1.29, 1.82) is 0 Å². The van der Waals surface area contributed by atoms with Crippen LogP contribution in [0, 0.1) is 0 Å². The van der Waals surface area contributed by atoms with Crippen LogP contribution in [0.2, 0.25) is 0 Å². The topological polar surface area (TPSA) is 30.5 Å². The summed E-state index contributed by atoms with van der Waals surface area (Å²) in [5, 5.41) is 6.73. The summed E-state index contributed by atoms with van der Waals surface area (Å²) in [7, 11) is 0. The van der Waals surface area contributed by atoms with Crippen molar-refractivity contribution < 1.29 is 0 Å². The van der Waals surface area contributed by atoms with E-state index in [9.17, 15) is 0 Å². The number of nitrogens with zero attached hydrogens (tertiary/aromatic N) is 2. The van der Waals surface area contributed by atoms with Crippen LogP contribution in [-0.2, 0) is 0 Å². The van der Waals surface area contributed by atoms with E-state index in [4.69, 9.17) is 0 Å². The molecule has 2 heterocycles. The highest BCUT2D eigenvalue weighted by atomic mass is 15.3. The fraction of sp³-hybridized carbons (Fsp3) is 1.00. The predicted octanol–water partition coefficient (Wildman–Crippen LogP) is -0.118. The molecule has 0 saturated carbocycles. The van der Waals surface area contributed by atoms with Gasteiger partial charge in [-0.05, 0) is 25.9 Å². The Morgan fingerprint density at radius 2 is 1.27 bits per heavy atom. The van der Waals surface area contributed by atoms with Crippen molar-refractivity contribution in [2.75, 3.05) is 52.6 Å². The van der Waals surface area contributed by atoms with Gasteiger partial charge in [0.15, 0.2) is 0 Å². The van der Waals surface area contributed by atoms with Gasteiger partial charge in [0.05, 0.1) is 0 Å². The minimum atomic E-state index is 1.11. The number of rotatable bonds is 6. The first kappa shape index (κ1) is 11.3. The molecule has 0 aromatic rings. The summed E-state index contributed by atoms with van der Waals surface area (Å²) >= 11 is 0. The van der Waals surface area contributed by atoms with Crippen LogP contribution in [0.3, 0.4) is 0 Å². The number of nitrogens with one attached hydrogen (secondary N) is 2. The van der Waals surface area contributed by atoms with Gasteiger partial charge < -0.3 is 10.6 Å². The van der Waals surface area contributed by atoms with Gasteiger partial charge in [0.1, 0.15) is 0 Å². The van der Waals surface area contributed by atoms with Gasteiger partial charge in [0.25, 0.3) is 0 Å². The Morgan fingerprint density at radius 1 is 0.733 bits per heavy atom. The molecule has 2 N–H and O–H groups in total. The van der Waals surface area contributed by atoms with Gasteiger partial charge in [-0.2, -0.15) is 0 Å². The highest BCUT2D eigenvalue weighted by Gasteiger charge is 2.11. The minimum Gasteiger partial charge on any atom is -0.303 e. The predicted molar refractivity (Wildman–Crippen MR) is 62.7 cm³/mol. The van der Waals surface area contributed by atoms with E-state index in [0.29, 0.717) is 0 Å². The van der Waals surface area contributed by atoms with E-state index in [1.165, 1.54) is 58.5 Å². The van der Waals surface area contributed by atoms with Gasteiger partial charge in [-0.25, -0.2) is 0 Å². The molecule has 88 valence electrons. The third-order valence-electron chi connectivity index (χ3n) is 3.33. The number of hydrogen-bond acceptors (Lipinski definition) is 4. The summed E-state index contributed by atoms with van der Waals surface area (Å²) in [6, 6.07) is 0. The Bertz CT molecular complexity index is 144. The van der Waals surface area contributed by atoms with Crippen molar-refractivity contribution in [3.8, 4) is 0 Å².